The Labute approximate surface area is 70.5 Å². The fourth-order valence-corrected chi connectivity index (χ4v) is 1.09. The molecule has 2 N–H and O–H groups in total. The van der Waals surface area contributed by atoms with E-state index in [2.05, 4.69) is 15.4 Å². The average Bonchev–Trinajstić information content (AvgIpc) is 2.04. The minimum atomic E-state index is -0.290. The molecule has 0 saturated carbocycles. The summed E-state index contributed by atoms with van der Waals surface area (Å²) in [6.45, 7) is 0.431. The maximum absolute atomic E-state index is 10.8. The zero-order valence-corrected chi connectivity index (χ0v) is 6.92. The van der Waals surface area contributed by atoms with Crippen LogP contribution in [0.3, 0.4) is 0 Å². The van der Waals surface area contributed by atoms with E-state index in [1.54, 1.807) is 0 Å². The molecule has 1 aliphatic rings. The predicted molar refractivity (Wildman–Crippen MR) is 41.2 cm³/mol. The lowest BCUT2D eigenvalue weighted by Crippen LogP contribution is -2.48. The second-order valence-corrected chi connectivity index (χ2v) is 2.66. The molecule has 1 atom stereocenters. The largest absolute Gasteiger partial charge is 0.469 e. The van der Waals surface area contributed by atoms with Gasteiger partial charge in [-0.15, -0.1) is 0 Å². The van der Waals surface area contributed by atoms with E-state index < -0.39 is 0 Å². The number of hydrogen-bond acceptors (Lipinski definition) is 4. The third-order valence-electron chi connectivity index (χ3n) is 1.75. The summed E-state index contributed by atoms with van der Waals surface area (Å²) >= 11 is 0. The van der Waals surface area contributed by atoms with Gasteiger partial charge < -0.3 is 10.1 Å². The molecule has 0 aromatic carbocycles. The van der Waals surface area contributed by atoms with Crippen LogP contribution in [0.15, 0.2) is 0 Å². The van der Waals surface area contributed by atoms with E-state index in [0.717, 1.165) is 0 Å². The van der Waals surface area contributed by atoms with Gasteiger partial charge in [0.25, 0.3) is 0 Å². The molecule has 0 aromatic heterocycles. The number of hydrogen-bond donors (Lipinski definition) is 2. The summed E-state index contributed by atoms with van der Waals surface area (Å²) < 4.78 is 4.48. The van der Waals surface area contributed by atoms with Crippen LogP contribution >= 0.6 is 0 Å². The van der Waals surface area contributed by atoms with Crippen molar-refractivity contribution in [3.8, 4) is 0 Å². The van der Waals surface area contributed by atoms with E-state index in [1.165, 1.54) is 7.11 Å². The summed E-state index contributed by atoms with van der Waals surface area (Å²) in [5, 5.41) is 5.58. The number of amides is 1. The van der Waals surface area contributed by atoms with Gasteiger partial charge in [0, 0.05) is 12.5 Å². The zero-order chi connectivity index (χ0) is 8.97. The normalized spacial score (nSPS) is 23.1. The van der Waals surface area contributed by atoms with Gasteiger partial charge in [-0.25, -0.2) is 0 Å². The number of nitrogens with one attached hydrogen (secondary N) is 2. The van der Waals surface area contributed by atoms with E-state index in [-0.39, 0.29) is 24.3 Å². The van der Waals surface area contributed by atoms with Crippen molar-refractivity contribution in [1.29, 1.82) is 0 Å². The van der Waals surface area contributed by atoms with Crippen molar-refractivity contribution < 1.29 is 14.3 Å². The van der Waals surface area contributed by atoms with E-state index in [4.69, 9.17) is 0 Å². The van der Waals surface area contributed by atoms with Crippen molar-refractivity contribution in [2.24, 2.45) is 0 Å². The Kier molecular flexibility index (Phi) is 3.04. The number of rotatable bonds is 2. The first-order chi connectivity index (χ1) is 5.72. The molecule has 1 saturated heterocycles. The molecule has 0 aromatic rings. The first-order valence-electron chi connectivity index (χ1n) is 3.79. The highest BCUT2D eigenvalue weighted by molar-refractivity contribution is 5.78. The second kappa shape index (κ2) is 4.06. The van der Waals surface area contributed by atoms with E-state index >= 15 is 0 Å². The highest BCUT2D eigenvalue weighted by Crippen LogP contribution is 2.02. The third kappa shape index (κ3) is 2.50. The van der Waals surface area contributed by atoms with Crippen LogP contribution in [-0.2, 0) is 14.3 Å². The molecule has 68 valence electrons. The Bertz CT molecular complexity index is 193. The topological polar surface area (TPSA) is 67.4 Å². The molecule has 0 spiro atoms. The maximum atomic E-state index is 10.8. The van der Waals surface area contributed by atoms with Gasteiger partial charge in [0.15, 0.2) is 0 Å². The maximum Gasteiger partial charge on any atom is 0.307 e. The first kappa shape index (κ1) is 8.99. The van der Waals surface area contributed by atoms with Gasteiger partial charge >= 0.3 is 5.97 Å². The molecule has 12 heavy (non-hydrogen) atoms. The number of methoxy groups -OCH3 is 1. The molecular formula is C7H12N2O3. The van der Waals surface area contributed by atoms with Crippen LogP contribution in [0.25, 0.3) is 0 Å². The number of carbonyl (C=O) groups excluding carboxylic acids is 2. The van der Waals surface area contributed by atoms with Crippen molar-refractivity contribution >= 4 is 11.9 Å². The van der Waals surface area contributed by atoms with E-state index in [1.807, 2.05) is 0 Å². The van der Waals surface area contributed by atoms with Gasteiger partial charge in [0.2, 0.25) is 5.91 Å². The molecule has 1 unspecified atom stereocenters. The van der Waals surface area contributed by atoms with Crippen LogP contribution in [0, 0.1) is 0 Å². The molecule has 5 nitrogen and oxygen atoms in total. The standard InChI is InChI=1S/C7H12N2O3/c1-12-7(11)3-5-2-6(10)9-4-8-5/h5,8H,2-4H2,1H3,(H,9,10). The Hall–Kier alpha value is -1.10. The molecule has 1 fully saturated rings. The smallest absolute Gasteiger partial charge is 0.307 e. The monoisotopic (exact) mass is 172 g/mol. The summed E-state index contributed by atoms with van der Waals surface area (Å²) in [6, 6.07) is -0.0776. The molecule has 5 heteroatoms. The molecule has 0 bridgehead atoms. The Balaban J connectivity index is 2.32. The minimum Gasteiger partial charge on any atom is -0.469 e. The molecule has 1 heterocycles. The molecular weight excluding hydrogens is 160 g/mol. The summed E-state index contributed by atoms with van der Waals surface area (Å²) in [5.74, 6) is -0.315. The zero-order valence-electron chi connectivity index (χ0n) is 6.92. The fraction of sp³-hybridized carbons (Fsp3) is 0.714. The highest BCUT2D eigenvalue weighted by atomic mass is 16.5. The number of ether oxygens (including phenoxy) is 1. The van der Waals surface area contributed by atoms with Crippen molar-refractivity contribution in [3.05, 3.63) is 0 Å². The first-order valence-corrected chi connectivity index (χ1v) is 3.79. The lowest BCUT2D eigenvalue weighted by atomic mass is 10.1. The molecule has 1 amide bonds. The SMILES string of the molecule is COC(=O)CC1CC(=O)NCN1. The Morgan fingerprint density at radius 2 is 2.50 bits per heavy atom. The average molecular weight is 172 g/mol. The van der Waals surface area contributed by atoms with Gasteiger partial charge in [-0.05, 0) is 0 Å². The summed E-state index contributed by atoms with van der Waals surface area (Å²) in [4.78, 5) is 21.6. The van der Waals surface area contributed by atoms with E-state index in [9.17, 15) is 9.59 Å². The predicted octanol–water partition coefficient (Wildman–Crippen LogP) is -1.01. The molecule has 1 rings (SSSR count). The number of esters is 1. The fourth-order valence-electron chi connectivity index (χ4n) is 1.09. The molecule has 0 radical (unpaired) electrons. The van der Waals surface area contributed by atoms with Crippen LogP contribution in [0.4, 0.5) is 0 Å². The lowest BCUT2D eigenvalue weighted by molar-refractivity contribution is -0.141. The molecule has 1 aliphatic heterocycles. The second-order valence-electron chi connectivity index (χ2n) is 2.66. The Morgan fingerprint density at radius 3 is 3.08 bits per heavy atom. The van der Waals surface area contributed by atoms with Gasteiger partial charge in [-0.3, -0.25) is 14.9 Å². The van der Waals surface area contributed by atoms with Gasteiger partial charge in [0.05, 0.1) is 20.2 Å². The van der Waals surface area contributed by atoms with Crippen LogP contribution in [-0.4, -0.2) is 31.7 Å². The van der Waals surface area contributed by atoms with Crippen LogP contribution in [0.5, 0.6) is 0 Å². The molecule has 0 aliphatic carbocycles. The summed E-state index contributed by atoms with van der Waals surface area (Å²) in [6.07, 6.45) is 0.596. The van der Waals surface area contributed by atoms with Crippen LogP contribution in [0.1, 0.15) is 12.8 Å². The summed E-state index contributed by atoms with van der Waals surface area (Å²) in [7, 11) is 1.34. The lowest BCUT2D eigenvalue weighted by Gasteiger charge is -2.22. The quantitative estimate of drug-likeness (QED) is 0.523. The third-order valence-corrected chi connectivity index (χ3v) is 1.75. The van der Waals surface area contributed by atoms with Crippen molar-refractivity contribution in [2.45, 2.75) is 18.9 Å². The van der Waals surface area contributed by atoms with Crippen molar-refractivity contribution in [2.75, 3.05) is 13.8 Å². The minimum absolute atomic E-state index is 0.0253. The van der Waals surface area contributed by atoms with Gasteiger partial charge in [0.1, 0.15) is 0 Å². The van der Waals surface area contributed by atoms with Crippen molar-refractivity contribution in [1.82, 2.24) is 10.6 Å². The van der Waals surface area contributed by atoms with E-state index in [0.29, 0.717) is 13.1 Å². The Morgan fingerprint density at radius 1 is 1.75 bits per heavy atom. The summed E-state index contributed by atoms with van der Waals surface area (Å²) in [5.41, 5.74) is 0. The number of carbonyl (C=O) groups is 2. The highest BCUT2D eigenvalue weighted by Gasteiger charge is 2.20. The van der Waals surface area contributed by atoms with Crippen LogP contribution in [0.2, 0.25) is 0 Å². The van der Waals surface area contributed by atoms with Crippen molar-refractivity contribution in [3.63, 3.8) is 0 Å². The van der Waals surface area contributed by atoms with Crippen LogP contribution < -0.4 is 10.6 Å². The van der Waals surface area contributed by atoms with Gasteiger partial charge in [-0.2, -0.15) is 0 Å². The van der Waals surface area contributed by atoms with Gasteiger partial charge in [-0.1, -0.05) is 0 Å².